The first-order valence-corrected chi connectivity index (χ1v) is 6.81. The average Bonchev–Trinajstić information content (AvgIpc) is 2.47. The van der Waals surface area contributed by atoms with Gasteiger partial charge in [0.05, 0.1) is 12.1 Å². The second-order valence-electron chi connectivity index (χ2n) is 5.22. The van der Waals surface area contributed by atoms with Gasteiger partial charge in [-0.05, 0) is 20.2 Å². The summed E-state index contributed by atoms with van der Waals surface area (Å²) in [4.78, 5) is 26.0. The fraction of sp³-hybridized carbons (Fsp3) is 0.235. The van der Waals surface area contributed by atoms with Crippen LogP contribution in [0.25, 0.3) is 0 Å². The molecule has 108 valence electrons. The van der Waals surface area contributed by atoms with E-state index in [4.69, 9.17) is 0 Å². The average molecular weight is 283 g/mol. The molecule has 21 heavy (non-hydrogen) atoms. The third-order valence-corrected chi connectivity index (χ3v) is 3.06. The molecule has 2 rings (SSSR count). The SMILES string of the molecule is CN(C)CC(=O)c1ccc[n+](CC(=O)c2ccccc2)c1. The van der Waals surface area contributed by atoms with Crippen LogP contribution in [0.15, 0.2) is 54.9 Å². The van der Waals surface area contributed by atoms with E-state index in [0.29, 0.717) is 17.7 Å². The zero-order valence-corrected chi connectivity index (χ0v) is 12.3. The Bertz CT molecular complexity index is 636. The molecule has 1 aromatic carbocycles. The number of ketones is 2. The van der Waals surface area contributed by atoms with Gasteiger partial charge in [-0.2, -0.15) is 4.57 Å². The van der Waals surface area contributed by atoms with Crippen molar-refractivity contribution in [1.29, 1.82) is 0 Å². The number of pyridine rings is 1. The summed E-state index contributed by atoms with van der Waals surface area (Å²) in [6.07, 6.45) is 3.53. The third kappa shape index (κ3) is 4.33. The molecule has 0 radical (unpaired) electrons. The number of nitrogens with zero attached hydrogens (tertiary/aromatic N) is 2. The lowest BCUT2D eigenvalue weighted by Gasteiger charge is -2.07. The Hall–Kier alpha value is -2.33. The van der Waals surface area contributed by atoms with Crippen molar-refractivity contribution < 1.29 is 14.2 Å². The molecule has 0 fully saturated rings. The topological polar surface area (TPSA) is 41.3 Å². The number of Topliss-reactive ketones (excluding diaryl/α,β-unsaturated/α-hetero) is 2. The van der Waals surface area contributed by atoms with E-state index in [-0.39, 0.29) is 18.1 Å². The van der Waals surface area contributed by atoms with Gasteiger partial charge in [0.15, 0.2) is 18.2 Å². The van der Waals surface area contributed by atoms with Gasteiger partial charge in [0, 0.05) is 11.6 Å². The molecule has 0 atom stereocenters. The maximum atomic E-state index is 12.2. The molecule has 0 N–H and O–H groups in total. The number of likely N-dealkylation sites (N-methyl/N-ethyl adjacent to an activating group) is 1. The number of benzene rings is 1. The zero-order valence-electron chi connectivity index (χ0n) is 12.3. The van der Waals surface area contributed by atoms with Crippen molar-refractivity contribution in [3.05, 3.63) is 66.0 Å². The predicted octanol–water partition coefficient (Wildman–Crippen LogP) is 1.60. The molecule has 1 heterocycles. The van der Waals surface area contributed by atoms with Crippen LogP contribution in [-0.4, -0.2) is 37.1 Å². The molecule has 0 aliphatic heterocycles. The summed E-state index contributed by atoms with van der Waals surface area (Å²) in [5, 5.41) is 0. The number of carbonyl (C=O) groups excluding carboxylic acids is 2. The van der Waals surface area contributed by atoms with Crippen LogP contribution in [0.4, 0.5) is 0 Å². The molecule has 0 aliphatic carbocycles. The van der Waals surface area contributed by atoms with Crippen molar-refractivity contribution in [2.75, 3.05) is 20.6 Å². The lowest BCUT2D eigenvalue weighted by atomic mass is 10.1. The van der Waals surface area contributed by atoms with E-state index in [2.05, 4.69) is 0 Å². The van der Waals surface area contributed by atoms with Crippen LogP contribution in [0.5, 0.6) is 0 Å². The van der Waals surface area contributed by atoms with Crippen molar-refractivity contribution in [2.24, 2.45) is 0 Å². The number of rotatable bonds is 6. The van der Waals surface area contributed by atoms with Crippen LogP contribution >= 0.6 is 0 Å². The molecule has 0 spiro atoms. The number of hydrogen-bond donors (Lipinski definition) is 0. The zero-order chi connectivity index (χ0) is 15.2. The first-order chi connectivity index (χ1) is 10.1. The van der Waals surface area contributed by atoms with Gasteiger partial charge in [0.1, 0.15) is 0 Å². The molecular weight excluding hydrogens is 264 g/mol. The molecule has 0 saturated carbocycles. The first-order valence-electron chi connectivity index (χ1n) is 6.81. The number of carbonyl (C=O) groups is 2. The van der Waals surface area contributed by atoms with Gasteiger partial charge >= 0.3 is 0 Å². The Morgan fingerprint density at radius 1 is 0.952 bits per heavy atom. The molecule has 1 aromatic heterocycles. The molecule has 2 aromatic rings. The van der Waals surface area contributed by atoms with Crippen LogP contribution < -0.4 is 4.57 Å². The van der Waals surface area contributed by atoms with Gasteiger partial charge in [0.25, 0.3) is 0 Å². The maximum absolute atomic E-state index is 12.2. The number of aromatic nitrogens is 1. The van der Waals surface area contributed by atoms with Crippen molar-refractivity contribution in [3.63, 3.8) is 0 Å². The predicted molar refractivity (Wildman–Crippen MR) is 80.3 cm³/mol. The third-order valence-electron chi connectivity index (χ3n) is 3.06. The summed E-state index contributed by atoms with van der Waals surface area (Å²) in [5.41, 5.74) is 1.29. The molecule has 0 saturated heterocycles. The minimum absolute atomic E-state index is 0.0257. The highest BCUT2D eigenvalue weighted by atomic mass is 16.1. The molecule has 0 aliphatic rings. The fourth-order valence-corrected chi connectivity index (χ4v) is 2.04. The van der Waals surface area contributed by atoms with Crippen LogP contribution in [0.2, 0.25) is 0 Å². The van der Waals surface area contributed by atoms with E-state index in [1.54, 1.807) is 41.2 Å². The van der Waals surface area contributed by atoms with Crippen molar-refractivity contribution in [3.8, 4) is 0 Å². The Morgan fingerprint density at radius 2 is 1.62 bits per heavy atom. The summed E-state index contributed by atoms with van der Waals surface area (Å²) in [6, 6.07) is 12.7. The van der Waals surface area contributed by atoms with Crippen LogP contribution in [-0.2, 0) is 6.54 Å². The second kappa shape index (κ2) is 6.90. The standard InChI is InChI=1S/C17H19N2O2/c1-18(2)12-16(20)15-9-6-10-19(11-15)13-17(21)14-7-4-3-5-8-14/h3-11H,12-13H2,1-2H3/q+1. The Balaban J connectivity index is 2.11. The van der Waals surface area contributed by atoms with Gasteiger partial charge in [-0.3, -0.25) is 9.59 Å². The molecule has 0 amide bonds. The minimum Gasteiger partial charge on any atom is -0.302 e. The summed E-state index contributed by atoms with van der Waals surface area (Å²) in [5.74, 6) is 0.0688. The largest absolute Gasteiger partial charge is 0.302 e. The van der Waals surface area contributed by atoms with E-state index in [0.717, 1.165) is 0 Å². The highest BCUT2D eigenvalue weighted by Gasteiger charge is 2.15. The van der Waals surface area contributed by atoms with Gasteiger partial charge in [0.2, 0.25) is 12.3 Å². The van der Waals surface area contributed by atoms with Gasteiger partial charge in [-0.15, -0.1) is 0 Å². The van der Waals surface area contributed by atoms with Crippen molar-refractivity contribution in [1.82, 2.24) is 4.90 Å². The Morgan fingerprint density at radius 3 is 2.29 bits per heavy atom. The molecule has 0 bridgehead atoms. The van der Waals surface area contributed by atoms with Crippen LogP contribution in [0.1, 0.15) is 20.7 Å². The van der Waals surface area contributed by atoms with Gasteiger partial charge in [-0.25, -0.2) is 0 Å². The van der Waals surface area contributed by atoms with E-state index in [1.807, 2.05) is 37.2 Å². The molecule has 4 nitrogen and oxygen atoms in total. The highest BCUT2D eigenvalue weighted by Crippen LogP contribution is 2.01. The normalized spacial score (nSPS) is 10.6. The first kappa shape index (κ1) is 15.1. The molecular formula is C17H19N2O2+. The van der Waals surface area contributed by atoms with Gasteiger partial charge < -0.3 is 4.90 Å². The summed E-state index contributed by atoms with van der Waals surface area (Å²) >= 11 is 0. The summed E-state index contributed by atoms with van der Waals surface area (Å²) in [6.45, 7) is 0.587. The minimum atomic E-state index is 0.0257. The molecule has 4 heteroatoms. The smallest absolute Gasteiger partial charge is 0.227 e. The second-order valence-corrected chi connectivity index (χ2v) is 5.22. The summed E-state index contributed by atoms with van der Waals surface area (Å²) < 4.78 is 1.75. The fourth-order valence-electron chi connectivity index (χ4n) is 2.04. The van der Waals surface area contributed by atoms with Crippen molar-refractivity contribution in [2.45, 2.75) is 6.54 Å². The van der Waals surface area contributed by atoms with Crippen LogP contribution in [0, 0.1) is 0 Å². The monoisotopic (exact) mass is 283 g/mol. The lowest BCUT2D eigenvalue weighted by molar-refractivity contribution is -0.683. The van der Waals surface area contributed by atoms with E-state index in [1.165, 1.54) is 0 Å². The van der Waals surface area contributed by atoms with Crippen molar-refractivity contribution >= 4 is 11.6 Å². The highest BCUT2D eigenvalue weighted by molar-refractivity contribution is 5.97. The Kier molecular flexibility index (Phi) is 4.95. The lowest BCUT2D eigenvalue weighted by Crippen LogP contribution is -2.38. The van der Waals surface area contributed by atoms with E-state index >= 15 is 0 Å². The molecule has 0 unspecified atom stereocenters. The quantitative estimate of drug-likeness (QED) is 0.597. The van der Waals surface area contributed by atoms with E-state index in [9.17, 15) is 9.59 Å². The maximum Gasteiger partial charge on any atom is 0.227 e. The van der Waals surface area contributed by atoms with Gasteiger partial charge in [-0.1, -0.05) is 30.3 Å². The van der Waals surface area contributed by atoms with E-state index < -0.39 is 0 Å². The summed E-state index contributed by atoms with van der Waals surface area (Å²) in [7, 11) is 3.71. The Labute approximate surface area is 124 Å². The number of hydrogen-bond acceptors (Lipinski definition) is 3. The van der Waals surface area contributed by atoms with Crippen LogP contribution in [0.3, 0.4) is 0 Å².